The van der Waals surface area contributed by atoms with Crippen LogP contribution in [-0.4, -0.2) is 41.3 Å². The fourth-order valence-electron chi connectivity index (χ4n) is 1.91. The zero-order chi connectivity index (χ0) is 12.0. The summed E-state index contributed by atoms with van der Waals surface area (Å²) in [5, 5.41) is 11.9. The quantitative estimate of drug-likeness (QED) is 0.677. The van der Waals surface area contributed by atoms with Crippen LogP contribution < -0.4 is 5.32 Å². The summed E-state index contributed by atoms with van der Waals surface area (Å²) in [5.74, 6) is -1.08. The number of ether oxygens (including phenoxy) is 1. The summed E-state index contributed by atoms with van der Waals surface area (Å²) in [6, 6.07) is 0. The standard InChI is InChI=1S/C8H11F3N2O2S/c1-16-6-12-5-4(2-3-15-5)7(14,13-6)8(9,10)11/h4-5,14H,2-3H2,1H3,(H,12,13). The summed E-state index contributed by atoms with van der Waals surface area (Å²) >= 11 is 1.01. The summed E-state index contributed by atoms with van der Waals surface area (Å²) in [7, 11) is 0. The second-order valence-electron chi connectivity index (χ2n) is 3.68. The number of hydrogen-bond donors (Lipinski definition) is 2. The molecule has 2 aliphatic rings. The third-order valence-electron chi connectivity index (χ3n) is 2.77. The highest BCUT2D eigenvalue weighted by atomic mass is 32.2. The van der Waals surface area contributed by atoms with Crippen molar-refractivity contribution in [1.29, 1.82) is 0 Å². The van der Waals surface area contributed by atoms with Crippen LogP contribution in [0, 0.1) is 5.92 Å². The fraction of sp³-hybridized carbons (Fsp3) is 0.875. The van der Waals surface area contributed by atoms with Gasteiger partial charge >= 0.3 is 6.18 Å². The average molecular weight is 256 g/mol. The molecule has 16 heavy (non-hydrogen) atoms. The zero-order valence-electron chi connectivity index (χ0n) is 8.41. The van der Waals surface area contributed by atoms with Crippen molar-refractivity contribution in [2.24, 2.45) is 10.9 Å². The highest BCUT2D eigenvalue weighted by Crippen LogP contribution is 2.43. The number of aliphatic imine (C=N–C) groups is 1. The van der Waals surface area contributed by atoms with Crippen LogP contribution in [0.3, 0.4) is 0 Å². The number of fused-ring (bicyclic) bond motifs is 1. The molecule has 92 valence electrons. The van der Waals surface area contributed by atoms with Gasteiger partial charge in [-0.05, 0) is 12.7 Å². The minimum atomic E-state index is -4.75. The van der Waals surface area contributed by atoms with Gasteiger partial charge < -0.3 is 15.2 Å². The van der Waals surface area contributed by atoms with E-state index in [1.165, 1.54) is 0 Å². The molecule has 2 aliphatic heterocycles. The Hall–Kier alpha value is -0.470. The van der Waals surface area contributed by atoms with Crippen LogP contribution in [0.15, 0.2) is 4.99 Å². The maximum Gasteiger partial charge on any atom is 0.436 e. The van der Waals surface area contributed by atoms with Gasteiger partial charge in [-0.2, -0.15) is 13.2 Å². The lowest BCUT2D eigenvalue weighted by atomic mass is 9.91. The number of halogens is 3. The molecule has 0 amide bonds. The smallest absolute Gasteiger partial charge is 0.363 e. The Balaban J connectivity index is 2.36. The maximum absolute atomic E-state index is 12.8. The Morgan fingerprint density at radius 2 is 2.31 bits per heavy atom. The van der Waals surface area contributed by atoms with Gasteiger partial charge in [0, 0.05) is 6.61 Å². The van der Waals surface area contributed by atoms with E-state index in [0.717, 1.165) is 11.8 Å². The predicted octanol–water partition coefficient (Wildman–Crippen LogP) is 0.922. The van der Waals surface area contributed by atoms with Crippen LogP contribution in [0.2, 0.25) is 0 Å². The van der Waals surface area contributed by atoms with E-state index in [1.54, 1.807) is 6.26 Å². The second kappa shape index (κ2) is 3.78. The Bertz CT molecular complexity index is 323. The third kappa shape index (κ3) is 1.68. The van der Waals surface area contributed by atoms with Crippen LogP contribution in [0.1, 0.15) is 6.42 Å². The molecule has 3 unspecified atom stereocenters. The number of amidine groups is 1. The molecule has 0 aromatic carbocycles. The first-order chi connectivity index (χ1) is 7.38. The highest BCUT2D eigenvalue weighted by molar-refractivity contribution is 8.13. The summed E-state index contributed by atoms with van der Waals surface area (Å²) in [5.41, 5.74) is -2.94. The van der Waals surface area contributed by atoms with E-state index in [1.807, 2.05) is 0 Å². The second-order valence-corrected chi connectivity index (χ2v) is 4.48. The number of hydrogen-bond acceptors (Lipinski definition) is 5. The molecule has 0 radical (unpaired) electrons. The molecule has 2 N–H and O–H groups in total. The number of aliphatic hydroxyl groups is 1. The Kier molecular flexibility index (Phi) is 2.83. The van der Waals surface area contributed by atoms with Gasteiger partial charge in [-0.15, -0.1) is 0 Å². The normalized spacial score (nSPS) is 38.9. The van der Waals surface area contributed by atoms with E-state index in [0.29, 0.717) is 0 Å². The molecule has 1 saturated heterocycles. The van der Waals surface area contributed by atoms with Gasteiger partial charge in [-0.25, -0.2) is 4.99 Å². The van der Waals surface area contributed by atoms with Gasteiger partial charge in [0.25, 0.3) is 0 Å². The van der Waals surface area contributed by atoms with Crippen LogP contribution >= 0.6 is 11.8 Å². The fourth-order valence-corrected chi connectivity index (χ4v) is 2.37. The molecule has 2 heterocycles. The van der Waals surface area contributed by atoms with Crippen molar-refractivity contribution >= 4 is 16.9 Å². The van der Waals surface area contributed by atoms with Gasteiger partial charge in [0.15, 0.2) is 11.4 Å². The highest BCUT2D eigenvalue weighted by Gasteiger charge is 2.64. The van der Waals surface area contributed by atoms with Gasteiger partial charge in [0.2, 0.25) is 5.72 Å². The summed E-state index contributed by atoms with van der Waals surface area (Å²) in [6.07, 6.45) is -3.94. The van der Waals surface area contributed by atoms with Crippen molar-refractivity contribution in [3.05, 3.63) is 0 Å². The Morgan fingerprint density at radius 3 is 2.88 bits per heavy atom. The Labute approximate surface area is 94.3 Å². The first-order valence-electron chi connectivity index (χ1n) is 4.69. The van der Waals surface area contributed by atoms with Crippen molar-refractivity contribution < 1.29 is 23.0 Å². The summed E-state index contributed by atoms with van der Waals surface area (Å²) in [6.45, 7) is 0.181. The molecule has 8 heteroatoms. The van der Waals surface area contributed by atoms with Crippen molar-refractivity contribution in [2.45, 2.75) is 24.6 Å². The first-order valence-corrected chi connectivity index (χ1v) is 5.91. The molecule has 1 fully saturated rings. The Morgan fingerprint density at radius 1 is 1.62 bits per heavy atom. The molecular formula is C8H11F3N2O2S. The zero-order valence-corrected chi connectivity index (χ0v) is 9.23. The number of nitrogens with zero attached hydrogens (tertiary/aromatic N) is 1. The van der Waals surface area contributed by atoms with Crippen molar-refractivity contribution in [1.82, 2.24) is 5.32 Å². The minimum absolute atomic E-state index is 0.0444. The monoisotopic (exact) mass is 256 g/mol. The van der Waals surface area contributed by atoms with Crippen molar-refractivity contribution in [3.63, 3.8) is 0 Å². The molecule has 4 nitrogen and oxygen atoms in total. The third-order valence-corrected chi connectivity index (χ3v) is 3.36. The van der Waals surface area contributed by atoms with Gasteiger partial charge in [0.1, 0.15) is 0 Å². The first kappa shape index (κ1) is 12.0. The molecule has 0 aromatic rings. The average Bonchev–Trinajstić information content (AvgIpc) is 2.64. The molecule has 0 aliphatic carbocycles. The topological polar surface area (TPSA) is 53.9 Å². The maximum atomic E-state index is 12.8. The molecule has 0 saturated carbocycles. The van der Waals surface area contributed by atoms with E-state index in [9.17, 15) is 18.3 Å². The lowest BCUT2D eigenvalue weighted by Crippen LogP contribution is -2.66. The van der Waals surface area contributed by atoms with E-state index >= 15 is 0 Å². The van der Waals surface area contributed by atoms with Crippen molar-refractivity contribution in [2.75, 3.05) is 12.9 Å². The predicted molar refractivity (Wildman–Crippen MR) is 52.9 cm³/mol. The van der Waals surface area contributed by atoms with Gasteiger partial charge in [0.05, 0.1) is 5.92 Å². The van der Waals surface area contributed by atoms with Crippen LogP contribution in [0.5, 0.6) is 0 Å². The minimum Gasteiger partial charge on any atom is -0.363 e. The van der Waals surface area contributed by atoms with Crippen LogP contribution in [-0.2, 0) is 4.74 Å². The van der Waals surface area contributed by atoms with Gasteiger partial charge in [-0.1, -0.05) is 11.8 Å². The van der Waals surface area contributed by atoms with Gasteiger partial charge in [-0.3, -0.25) is 0 Å². The summed E-state index contributed by atoms with van der Waals surface area (Å²) in [4.78, 5) is 3.96. The summed E-state index contributed by atoms with van der Waals surface area (Å²) < 4.78 is 43.6. The van der Waals surface area contributed by atoms with E-state index in [-0.39, 0.29) is 18.2 Å². The largest absolute Gasteiger partial charge is 0.436 e. The molecular weight excluding hydrogens is 245 g/mol. The number of alkyl halides is 3. The van der Waals surface area contributed by atoms with E-state index in [2.05, 4.69) is 10.3 Å². The lowest BCUT2D eigenvalue weighted by molar-refractivity contribution is -0.292. The SMILES string of the molecule is CSC1=NC2OCCC2C(O)(C(F)(F)F)N1. The molecule has 0 spiro atoms. The van der Waals surface area contributed by atoms with E-state index < -0.39 is 24.0 Å². The van der Waals surface area contributed by atoms with Crippen LogP contribution in [0.4, 0.5) is 13.2 Å². The molecule has 3 atom stereocenters. The molecule has 2 rings (SSSR count). The number of nitrogens with one attached hydrogen (secondary N) is 1. The molecule has 0 aromatic heterocycles. The number of rotatable bonds is 0. The van der Waals surface area contributed by atoms with Crippen LogP contribution in [0.25, 0.3) is 0 Å². The number of thioether (sulfide) groups is 1. The molecule has 0 bridgehead atoms. The lowest BCUT2D eigenvalue weighted by Gasteiger charge is -2.40. The van der Waals surface area contributed by atoms with Crippen molar-refractivity contribution in [3.8, 4) is 0 Å². The van der Waals surface area contributed by atoms with E-state index in [4.69, 9.17) is 4.74 Å².